The maximum Gasteiger partial charge on any atom is 0.174 e. The van der Waals surface area contributed by atoms with E-state index in [2.05, 4.69) is 6.58 Å². The molecule has 3 N–H and O–H groups in total. The number of carbonyl (C=O) groups is 1. The third kappa shape index (κ3) is 2.57. The topological polar surface area (TPSA) is 87.0 Å². The van der Waals surface area contributed by atoms with Crippen LogP contribution in [0.5, 0.6) is 23.0 Å². The number of ether oxygens (including phenoxy) is 1. The Morgan fingerprint density at radius 1 is 1.21 bits per heavy atom. The molecule has 0 spiro atoms. The van der Waals surface area contributed by atoms with Crippen LogP contribution in [-0.2, 0) is 6.42 Å². The van der Waals surface area contributed by atoms with Crippen molar-refractivity contribution in [2.75, 3.05) is 0 Å². The molecular formula is C18H15ClO5. The van der Waals surface area contributed by atoms with E-state index in [0.717, 1.165) is 0 Å². The van der Waals surface area contributed by atoms with Crippen LogP contribution in [0.15, 0.2) is 36.9 Å². The first kappa shape index (κ1) is 16.2. The Balaban J connectivity index is 2.13. The summed E-state index contributed by atoms with van der Waals surface area (Å²) in [7, 11) is 0. The number of carbonyl (C=O) groups excluding carboxylic acids is 1. The zero-order valence-electron chi connectivity index (χ0n) is 12.6. The Labute approximate surface area is 143 Å². The first-order chi connectivity index (χ1) is 11.4. The number of fused-ring (bicyclic) bond motifs is 1. The van der Waals surface area contributed by atoms with Gasteiger partial charge in [0.15, 0.2) is 11.5 Å². The van der Waals surface area contributed by atoms with Gasteiger partial charge in [-0.2, -0.15) is 0 Å². The number of allylic oxidation sites excluding steroid dienone is 1. The van der Waals surface area contributed by atoms with Gasteiger partial charge in [0.2, 0.25) is 0 Å². The number of Topliss-reactive ketones (excluding diaryl/α,β-unsaturated/α-hetero) is 1. The number of hydrogen-bond donors (Lipinski definition) is 3. The van der Waals surface area contributed by atoms with Crippen LogP contribution < -0.4 is 4.74 Å². The van der Waals surface area contributed by atoms with Gasteiger partial charge in [-0.05, 0) is 24.1 Å². The smallest absolute Gasteiger partial charge is 0.174 e. The fraction of sp³-hybridized carbons (Fsp3) is 0.167. The van der Waals surface area contributed by atoms with Crippen molar-refractivity contribution in [2.45, 2.75) is 18.9 Å². The molecule has 2 aromatic rings. The Morgan fingerprint density at radius 3 is 2.50 bits per heavy atom. The molecule has 0 saturated carbocycles. The third-order valence-corrected chi connectivity index (χ3v) is 4.32. The monoisotopic (exact) mass is 346 g/mol. The molecule has 0 fully saturated rings. The van der Waals surface area contributed by atoms with Gasteiger partial charge in [0.05, 0.1) is 6.42 Å². The number of benzene rings is 2. The van der Waals surface area contributed by atoms with E-state index in [0.29, 0.717) is 11.1 Å². The molecule has 1 aliphatic heterocycles. The van der Waals surface area contributed by atoms with Gasteiger partial charge in [0.25, 0.3) is 0 Å². The van der Waals surface area contributed by atoms with Gasteiger partial charge in [-0.1, -0.05) is 29.8 Å². The Kier molecular flexibility index (Phi) is 4.11. The predicted octanol–water partition coefficient (Wildman–Crippen LogP) is 3.89. The van der Waals surface area contributed by atoms with Crippen LogP contribution in [0.2, 0.25) is 5.02 Å². The first-order valence-electron chi connectivity index (χ1n) is 7.30. The fourth-order valence-corrected chi connectivity index (χ4v) is 2.98. The minimum absolute atomic E-state index is 0.0139. The molecule has 0 saturated heterocycles. The van der Waals surface area contributed by atoms with Crippen molar-refractivity contribution >= 4 is 17.4 Å². The lowest BCUT2D eigenvalue weighted by atomic mass is 9.92. The zero-order chi connectivity index (χ0) is 17.4. The standard InChI is InChI=1S/C18H15ClO5/c1-2-3-11-16(22)15(19)17(23)14-12(21)8-13(24-18(11)14)9-4-6-10(20)7-5-9/h2,4-7,13,20,22-23H,1,3,8H2. The van der Waals surface area contributed by atoms with Crippen molar-refractivity contribution in [2.24, 2.45) is 0 Å². The number of aromatic hydroxyl groups is 3. The highest BCUT2D eigenvalue weighted by atomic mass is 35.5. The second kappa shape index (κ2) is 6.09. The van der Waals surface area contributed by atoms with E-state index in [4.69, 9.17) is 16.3 Å². The second-order valence-electron chi connectivity index (χ2n) is 5.51. The summed E-state index contributed by atoms with van der Waals surface area (Å²) in [5, 5.41) is 29.4. The van der Waals surface area contributed by atoms with E-state index in [-0.39, 0.29) is 46.5 Å². The van der Waals surface area contributed by atoms with Crippen LogP contribution in [0.4, 0.5) is 0 Å². The van der Waals surface area contributed by atoms with Crippen molar-refractivity contribution in [3.63, 3.8) is 0 Å². The molecule has 0 amide bonds. The zero-order valence-corrected chi connectivity index (χ0v) is 13.4. The van der Waals surface area contributed by atoms with Gasteiger partial charge in [-0.3, -0.25) is 4.79 Å². The minimum atomic E-state index is -0.589. The number of ketones is 1. The quantitative estimate of drug-likeness (QED) is 0.734. The molecule has 1 unspecified atom stereocenters. The van der Waals surface area contributed by atoms with E-state index in [1.54, 1.807) is 18.2 Å². The lowest BCUT2D eigenvalue weighted by Crippen LogP contribution is -2.21. The second-order valence-corrected chi connectivity index (χ2v) is 5.89. The van der Waals surface area contributed by atoms with Crippen LogP contribution in [0.1, 0.15) is 34.0 Å². The normalized spacial score (nSPS) is 16.4. The summed E-state index contributed by atoms with van der Waals surface area (Å²) >= 11 is 5.92. The maximum atomic E-state index is 12.5. The predicted molar refractivity (Wildman–Crippen MR) is 89.1 cm³/mol. The van der Waals surface area contributed by atoms with Gasteiger partial charge in [-0.25, -0.2) is 0 Å². The lowest BCUT2D eigenvalue weighted by molar-refractivity contribution is 0.0842. The van der Waals surface area contributed by atoms with Crippen molar-refractivity contribution in [3.05, 3.63) is 58.6 Å². The summed E-state index contributed by atoms with van der Waals surface area (Å²) in [6, 6.07) is 6.31. The number of phenols is 3. The Morgan fingerprint density at radius 2 is 1.88 bits per heavy atom. The fourth-order valence-electron chi connectivity index (χ4n) is 2.77. The summed E-state index contributed by atoms with van der Waals surface area (Å²) in [6.45, 7) is 3.62. The van der Waals surface area contributed by atoms with Crippen LogP contribution in [0.3, 0.4) is 0 Å². The average Bonchev–Trinajstić information content (AvgIpc) is 2.56. The molecule has 1 atom stereocenters. The summed E-state index contributed by atoms with van der Waals surface area (Å²) in [5.41, 5.74) is 0.981. The molecule has 1 aliphatic rings. The summed E-state index contributed by atoms with van der Waals surface area (Å²) < 4.78 is 5.90. The van der Waals surface area contributed by atoms with Crippen molar-refractivity contribution in [1.82, 2.24) is 0 Å². The summed E-state index contributed by atoms with van der Waals surface area (Å²) in [5.74, 6) is -0.920. The van der Waals surface area contributed by atoms with Gasteiger partial charge in [0.1, 0.15) is 33.9 Å². The lowest BCUT2D eigenvalue weighted by Gasteiger charge is -2.28. The minimum Gasteiger partial charge on any atom is -0.508 e. The number of phenolic OH excluding ortho intramolecular Hbond substituents is 3. The van der Waals surface area contributed by atoms with Crippen molar-refractivity contribution < 1.29 is 24.9 Å². The molecule has 2 aromatic carbocycles. The molecule has 124 valence electrons. The highest BCUT2D eigenvalue weighted by Gasteiger charge is 2.35. The Hall–Kier alpha value is -2.66. The van der Waals surface area contributed by atoms with Crippen LogP contribution in [-0.4, -0.2) is 21.1 Å². The molecular weight excluding hydrogens is 332 g/mol. The van der Waals surface area contributed by atoms with E-state index in [9.17, 15) is 20.1 Å². The van der Waals surface area contributed by atoms with Crippen LogP contribution in [0.25, 0.3) is 0 Å². The highest BCUT2D eigenvalue weighted by molar-refractivity contribution is 6.34. The number of halogens is 1. The molecule has 24 heavy (non-hydrogen) atoms. The molecule has 1 heterocycles. The first-order valence-corrected chi connectivity index (χ1v) is 7.67. The average molecular weight is 347 g/mol. The van der Waals surface area contributed by atoms with E-state index >= 15 is 0 Å². The highest BCUT2D eigenvalue weighted by Crippen LogP contribution is 2.50. The van der Waals surface area contributed by atoms with E-state index in [1.165, 1.54) is 12.1 Å². The maximum absolute atomic E-state index is 12.5. The Bertz CT molecular complexity index is 827. The van der Waals surface area contributed by atoms with Gasteiger partial charge < -0.3 is 20.1 Å². The number of rotatable bonds is 3. The molecule has 0 radical (unpaired) electrons. The van der Waals surface area contributed by atoms with Gasteiger partial charge >= 0.3 is 0 Å². The van der Waals surface area contributed by atoms with Crippen molar-refractivity contribution in [1.29, 1.82) is 0 Å². The molecule has 5 nitrogen and oxygen atoms in total. The largest absolute Gasteiger partial charge is 0.508 e. The molecule has 6 heteroatoms. The molecule has 3 rings (SSSR count). The van der Waals surface area contributed by atoms with Gasteiger partial charge in [0, 0.05) is 5.56 Å². The van der Waals surface area contributed by atoms with Gasteiger partial charge in [-0.15, -0.1) is 6.58 Å². The number of hydrogen-bond acceptors (Lipinski definition) is 5. The van der Waals surface area contributed by atoms with Crippen LogP contribution >= 0.6 is 11.6 Å². The van der Waals surface area contributed by atoms with E-state index < -0.39 is 11.9 Å². The summed E-state index contributed by atoms with van der Waals surface area (Å²) in [6.07, 6.45) is 1.19. The molecule has 0 aliphatic carbocycles. The summed E-state index contributed by atoms with van der Waals surface area (Å²) in [4.78, 5) is 12.5. The molecule has 0 aromatic heterocycles. The van der Waals surface area contributed by atoms with Crippen molar-refractivity contribution in [3.8, 4) is 23.0 Å². The van der Waals surface area contributed by atoms with Crippen LogP contribution in [0, 0.1) is 0 Å². The third-order valence-electron chi connectivity index (χ3n) is 3.96. The SMILES string of the molecule is C=CCc1c(O)c(Cl)c(O)c2c1OC(c1ccc(O)cc1)CC2=O. The molecule has 0 bridgehead atoms. The van der Waals surface area contributed by atoms with E-state index in [1.807, 2.05) is 0 Å².